The second-order valence-electron chi connectivity index (χ2n) is 8.53. The molecule has 1 spiro atoms. The monoisotopic (exact) mass is 530 g/mol. The molecule has 0 aliphatic carbocycles. The molecule has 11 heteroatoms. The fourth-order valence-electron chi connectivity index (χ4n) is 4.79. The number of nitrogens with one attached hydrogen (secondary N) is 1. The zero-order chi connectivity index (χ0) is 28.2. The van der Waals surface area contributed by atoms with Crippen molar-refractivity contribution in [3.05, 3.63) is 82.9 Å². The summed E-state index contributed by atoms with van der Waals surface area (Å²) in [5, 5.41) is 12.9. The SMILES string of the molecule is CCOC(=O)CC1=C(C(=O)OCC)C2(C(=O)N(CC(=O)Nc3ccccc3)c3ccccc32)C(C#N)=C(N)O1. The second-order valence-corrected chi connectivity index (χ2v) is 8.53. The maximum Gasteiger partial charge on any atom is 0.339 e. The lowest BCUT2D eigenvalue weighted by Crippen LogP contribution is -2.50. The van der Waals surface area contributed by atoms with E-state index in [0.29, 0.717) is 5.69 Å². The molecule has 0 aromatic heterocycles. The zero-order valence-corrected chi connectivity index (χ0v) is 21.4. The molecule has 1 atom stereocenters. The summed E-state index contributed by atoms with van der Waals surface area (Å²) in [4.78, 5) is 54.5. The van der Waals surface area contributed by atoms with Crippen LogP contribution in [0.15, 0.2) is 77.4 Å². The number of fused-ring (bicyclic) bond motifs is 2. The molecule has 11 nitrogen and oxygen atoms in total. The van der Waals surface area contributed by atoms with Crippen LogP contribution in [-0.2, 0) is 38.8 Å². The number of para-hydroxylation sites is 2. The number of amides is 2. The van der Waals surface area contributed by atoms with Gasteiger partial charge in [0.05, 0.1) is 13.2 Å². The molecule has 3 N–H and O–H groups in total. The van der Waals surface area contributed by atoms with Gasteiger partial charge in [-0.1, -0.05) is 36.4 Å². The van der Waals surface area contributed by atoms with Crippen LogP contribution in [0.4, 0.5) is 11.4 Å². The van der Waals surface area contributed by atoms with Gasteiger partial charge in [-0.05, 0) is 32.0 Å². The molecule has 0 bridgehead atoms. The van der Waals surface area contributed by atoms with E-state index in [2.05, 4.69) is 5.32 Å². The topological polar surface area (TPSA) is 161 Å². The first-order valence-corrected chi connectivity index (χ1v) is 12.2. The van der Waals surface area contributed by atoms with E-state index < -0.39 is 48.0 Å². The molecule has 0 radical (unpaired) electrons. The highest BCUT2D eigenvalue weighted by Gasteiger charge is 2.62. The normalized spacial score (nSPS) is 17.9. The van der Waals surface area contributed by atoms with E-state index in [0.717, 1.165) is 0 Å². The first-order valence-electron chi connectivity index (χ1n) is 12.2. The Balaban J connectivity index is 1.90. The molecule has 2 aromatic rings. The molecule has 0 saturated carbocycles. The molecule has 4 rings (SSSR count). The molecule has 39 heavy (non-hydrogen) atoms. The molecule has 0 fully saturated rings. The summed E-state index contributed by atoms with van der Waals surface area (Å²) >= 11 is 0. The van der Waals surface area contributed by atoms with Crippen molar-refractivity contribution in [1.29, 1.82) is 5.26 Å². The van der Waals surface area contributed by atoms with Crippen molar-refractivity contribution in [3.63, 3.8) is 0 Å². The van der Waals surface area contributed by atoms with Gasteiger partial charge in [0.15, 0.2) is 5.41 Å². The Hall–Kier alpha value is -5.11. The number of esters is 2. The van der Waals surface area contributed by atoms with Crippen LogP contribution >= 0.6 is 0 Å². The molecule has 2 amide bonds. The Bertz CT molecular complexity index is 1440. The van der Waals surface area contributed by atoms with E-state index in [1.807, 2.05) is 6.07 Å². The number of nitrogens with two attached hydrogens (primary N) is 1. The maximum atomic E-state index is 14.4. The Morgan fingerprint density at radius 3 is 2.38 bits per heavy atom. The maximum absolute atomic E-state index is 14.4. The summed E-state index contributed by atoms with van der Waals surface area (Å²) in [6.45, 7) is 2.74. The first-order chi connectivity index (χ1) is 18.8. The fourth-order valence-corrected chi connectivity index (χ4v) is 4.79. The number of carbonyl (C=O) groups is 4. The summed E-state index contributed by atoms with van der Waals surface area (Å²) in [6, 6.07) is 17.0. The number of hydrogen-bond acceptors (Lipinski definition) is 9. The third-order valence-corrected chi connectivity index (χ3v) is 6.23. The van der Waals surface area contributed by atoms with Crippen LogP contribution in [0.2, 0.25) is 0 Å². The largest absolute Gasteiger partial charge is 0.466 e. The second kappa shape index (κ2) is 11.1. The van der Waals surface area contributed by atoms with E-state index in [1.165, 1.54) is 4.90 Å². The van der Waals surface area contributed by atoms with Gasteiger partial charge in [-0.15, -0.1) is 0 Å². The van der Waals surface area contributed by atoms with E-state index >= 15 is 0 Å². The summed E-state index contributed by atoms with van der Waals surface area (Å²) < 4.78 is 15.9. The van der Waals surface area contributed by atoms with Crippen molar-refractivity contribution in [2.75, 3.05) is 30.0 Å². The van der Waals surface area contributed by atoms with Gasteiger partial charge in [-0.3, -0.25) is 14.4 Å². The summed E-state index contributed by atoms with van der Waals surface area (Å²) in [5.41, 5.74) is 4.31. The molecule has 2 aromatic carbocycles. The number of rotatable bonds is 8. The Labute approximate surface area is 224 Å². The van der Waals surface area contributed by atoms with Crippen LogP contribution in [0.1, 0.15) is 25.8 Å². The fraction of sp³-hybridized carbons (Fsp3) is 0.250. The van der Waals surface area contributed by atoms with Gasteiger partial charge in [0.2, 0.25) is 17.7 Å². The van der Waals surface area contributed by atoms with Gasteiger partial charge in [0.25, 0.3) is 0 Å². The lowest BCUT2D eigenvalue weighted by atomic mass is 9.68. The lowest BCUT2D eigenvalue weighted by molar-refractivity contribution is -0.143. The van der Waals surface area contributed by atoms with E-state index in [1.54, 1.807) is 68.4 Å². The molecule has 2 heterocycles. The number of nitrogens with zero attached hydrogens (tertiary/aromatic N) is 2. The Kier molecular flexibility index (Phi) is 7.67. The zero-order valence-electron chi connectivity index (χ0n) is 21.4. The summed E-state index contributed by atoms with van der Waals surface area (Å²) in [5.74, 6) is -3.76. The van der Waals surface area contributed by atoms with E-state index in [9.17, 15) is 24.4 Å². The molecule has 200 valence electrons. The summed E-state index contributed by atoms with van der Waals surface area (Å²) in [6.07, 6.45) is -0.549. The van der Waals surface area contributed by atoms with Gasteiger partial charge in [0.1, 0.15) is 35.9 Å². The van der Waals surface area contributed by atoms with Gasteiger partial charge in [0, 0.05) is 16.9 Å². The first kappa shape index (κ1) is 26.9. The molecule has 2 aliphatic rings. The number of hydrogen-bond donors (Lipinski definition) is 2. The molecular weight excluding hydrogens is 504 g/mol. The van der Waals surface area contributed by atoms with Crippen LogP contribution in [0, 0.1) is 11.3 Å². The van der Waals surface area contributed by atoms with Crippen molar-refractivity contribution >= 4 is 35.1 Å². The van der Waals surface area contributed by atoms with Crippen LogP contribution in [0.25, 0.3) is 0 Å². The summed E-state index contributed by atoms with van der Waals surface area (Å²) in [7, 11) is 0. The van der Waals surface area contributed by atoms with Crippen molar-refractivity contribution in [3.8, 4) is 6.07 Å². The van der Waals surface area contributed by atoms with Crippen molar-refractivity contribution in [1.82, 2.24) is 0 Å². The predicted octanol–water partition coefficient (Wildman–Crippen LogP) is 2.40. The van der Waals surface area contributed by atoms with Gasteiger partial charge in [-0.25, -0.2) is 4.79 Å². The lowest BCUT2D eigenvalue weighted by Gasteiger charge is -2.35. The minimum absolute atomic E-state index is 0.0623. The number of benzene rings is 2. The standard InChI is InChI=1S/C28H26N4O7/c1-3-37-23(34)14-21-24(26(35)38-4-2)28(19(15-29)25(30)39-21)18-12-8-9-13-20(18)32(27(28)36)16-22(33)31-17-10-6-5-7-11-17/h5-13H,3-4,14,16,30H2,1-2H3,(H,31,33). The molecular formula is C28H26N4O7. The van der Waals surface area contributed by atoms with Gasteiger partial charge < -0.3 is 30.2 Å². The Morgan fingerprint density at radius 2 is 1.72 bits per heavy atom. The highest BCUT2D eigenvalue weighted by Crippen LogP contribution is 2.54. The van der Waals surface area contributed by atoms with E-state index in [4.69, 9.17) is 19.9 Å². The highest BCUT2D eigenvalue weighted by atomic mass is 16.5. The van der Waals surface area contributed by atoms with E-state index in [-0.39, 0.29) is 41.4 Å². The molecule has 2 aliphatic heterocycles. The van der Waals surface area contributed by atoms with Crippen LogP contribution in [0.5, 0.6) is 0 Å². The van der Waals surface area contributed by atoms with Gasteiger partial charge in [-0.2, -0.15) is 5.26 Å². The number of ether oxygens (including phenoxy) is 3. The quantitative estimate of drug-likeness (QED) is 0.488. The van der Waals surface area contributed by atoms with Crippen LogP contribution in [-0.4, -0.2) is 43.5 Å². The minimum Gasteiger partial charge on any atom is -0.466 e. The number of nitriles is 1. The highest BCUT2D eigenvalue weighted by molar-refractivity contribution is 6.20. The minimum atomic E-state index is -2.12. The number of anilines is 2. The van der Waals surface area contributed by atoms with Crippen LogP contribution < -0.4 is 16.0 Å². The van der Waals surface area contributed by atoms with Crippen molar-refractivity contribution in [2.24, 2.45) is 5.73 Å². The third-order valence-electron chi connectivity index (χ3n) is 6.23. The predicted molar refractivity (Wildman–Crippen MR) is 138 cm³/mol. The molecule has 1 unspecified atom stereocenters. The van der Waals surface area contributed by atoms with Gasteiger partial charge >= 0.3 is 11.9 Å². The van der Waals surface area contributed by atoms with Crippen molar-refractivity contribution in [2.45, 2.75) is 25.7 Å². The average Bonchev–Trinajstić information content (AvgIpc) is 3.13. The van der Waals surface area contributed by atoms with Crippen LogP contribution in [0.3, 0.4) is 0 Å². The Morgan fingerprint density at radius 1 is 1.05 bits per heavy atom. The smallest absolute Gasteiger partial charge is 0.339 e. The average molecular weight is 531 g/mol. The number of carbonyl (C=O) groups excluding carboxylic acids is 4. The third kappa shape index (κ3) is 4.68. The molecule has 0 saturated heterocycles. The van der Waals surface area contributed by atoms with Crippen molar-refractivity contribution < 1.29 is 33.4 Å².